The van der Waals surface area contributed by atoms with Crippen LogP contribution in [0, 0.1) is 5.92 Å². The van der Waals surface area contributed by atoms with Gasteiger partial charge in [-0.15, -0.1) is 0 Å². The predicted molar refractivity (Wildman–Crippen MR) is 74.3 cm³/mol. The second-order valence-electron chi connectivity index (χ2n) is 6.42. The van der Waals surface area contributed by atoms with Crippen molar-refractivity contribution in [2.24, 2.45) is 5.92 Å². The van der Waals surface area contributed by atoms with Gasteiger partial charge in [-0.1, -0.05) is 20.3 Å². The van der Waals surface area contributed by atoms with Crippen molar-refractivity contribution >= 4 is 0 Å². The Balaban J connectivity index is 2.54. The first-order valence-corrected chi connectivity index (χ1v) is 7.37. The Morgan fingerprint density at radius 1 is 1.18 bits per heavy atom. The van der Waals surface area contributed by atoms with Gasteiger partial charge >= 0.3 is 0 Å². The highest BCUT2D eigenvalue weighted by Crippen LogP contribution is 2.31. The third-order valence-corrected chi connectivity index (χ3v) is 3.64. The van der Waals surface area contributed by atoms with Gasteiger partial charge in [0.05, 0.1) is 11.7 Å². The largest absolute Gasteiger partial charge is 0.371 e. The molecule has 0 saturated heterocycles. The molecule has 3 atom stereocenters. The Kier molecular flexibility index (Phi) is 5.94. The van der Waals surface area contributed by atoms with Gasteiger partial charge in [-0.25, -0.2) is 0 Å². The van der Waals surface area contributed by atoms with Gasteiger partial charge in [-0.3, -0.25) is 0 Å². The first-order chi connectivity index (χ1) is 7.96. The van der Waals surface area contributed by atoms with Gasteiger partial charge in [0.25, 0.3) is 0 Å². The van der Waals surface area contributed by atoms with Crippen molar-refractivity contribution in [2.45, 2.75) is 84.5 Å². The molecular weight excluding hydrogens is 210 g/mol. The molecule has 2 heteroatoms. The van der Waals surface area contributed by atoms with Crippen LogP contribution in [0.2, 0.25) is 0 Å². The third-order valence-electron chi connectivity index (χ3n) is 3.64. The monoisotopic (exact) mass is 241 g/mol. The van der Waals surface area contributed by atoms with E-state index in [-0.39, 0.29) is 5.60 Å². The summed E-state index contributed by atoms with van der Waals surface area (Å²) in [6, 6.07) is 0.567. The van der Waals surface area contributed by atoms with Crippen LogP contribution in [0.4, 0.5) is 0 Å². The summed E-state index contributed by atoms with van der Waals surface area (Å²) in [5.41, 5.74) is -0.0214. The van der Waals surface area contributed by atoms with Crippen molar-refractivity contribution in [3.8, 4) is 0 Å². The molecule has 1 rings (SSSR count). The molecule has 1 aliphatic rings. The van der Waals surface area contributed by atoms with Gasteiger partial charge in [-0.2, -0.15) is 0 Å². The molecule has 0 amide bonds. The second kappa shape index (κ2) is 6.75. The van der Waals surface area contributed by atoms with E-state index in [0.717, 1.165) is 12.5 Å². The van der Waals surface area contributed by atoms with Gasteiger partial charge in [0, 0.05) is 6.04 Å². The molecular formula is C15H31NO. The van der Waals surface area contributed by atoms with Gasteiger partial charge in [0.2, 0.25) is 0 Å². The summed E-state index contributed by atoms with van der Waals surface area (Å²) in [6.45, 7) is 12.1. The number of ether oxygens (including phenoxy) is 1. The molecule has 0 aromatic rings. The number of nitrogens with one attached hydrogen (secondary N) is 1. The second-order valence-corrected chi connectivity index (χ2v) is 6.42. The Hall–Kier alpha value is -0.0800. The molecule has 0 aromatic heterocycles. The van der Waals surface area contributed by atoms with Gasteiger partial charge in [0.1, 0.15) is 0 Å². The predicted octanol–water partition coefficient (Wildman–Crippen LogP) is 3.75. The van der Waals surface area contributed by atoms with Gasteiger partial charge in [-0.05, 0) is 58.9 Å². The summed E-state index contributed by atoms with van der Waals surface area (Å²) in [5.74, 6) is 0.863. The fourth-order valence-corrected chi connectivity index (χ4v) is 2.73. The van der Waals surface area contributed by atoms with E-state index in [1.54, 1.807) is 0 Å². The lowest BCUT2D eigenvalue weighted by molar-refractivity contribution is -0.0954. The lowest BCUT2D eigenvalue weighted by atomic mass is 9.82. The lowest BCUT2D eigenvalue weighted by Crippen LogP contribution is -2.48. The van der Waals surface area contributed by atoms with E-state index in [2.05, 4.69) is 39.9 Å². The maximum absolute atomic E-state index is 6.26. The number of hydrogen-bond donors (Lipinski definition) is 1. The maximum atomic E-state index is 6.26. The van der Waals surface area contributed by atoms with Crippen molar-refractivity contribution in [3.63, 3.8) is 0 Å². The van der Waals surface area contributed by atoms with Crippen molar-refractivity contribution in [1.82, 2.24) is 5.32 Å². The van der Waals surface area contributed by atoms with Crippen LogP contribution >= 0.6 is 0 Å². The summed E-state index contributed by atoms with van der Waals surface area (Å²) >= 11 is 0. The highest BCUT2D eigenvalue weighted by atomic mass is 16.5. The molecule has 0 radical (unpaired) electrons. The molecule has 102 valence electrons. The fraction of sp³-hybridized carbons (Fsp3) is 1.00. The highest BCUT2D eigenvalue weighted by Gasteiger charge is 2.32. The minimum absolute atomic E-state index is 0.0214. The molecule has 3 unspecified atom stereocenters. The van der Waals surface area contributed by atoms with Crippen LogP contribution in [0.5, 0.6) is 0 Å². The number of hydrogen-bond acceptors (Lipinski definition) is 2. The average Bonchev–Trinajstić information content (AvgIpc) is 2.25. The van der Waals surface area contributed by atoms with Crippen molar-refractivity contribution in [2.75, 3.05) is 6.54 Å². The van der Waals surface area contributed by atoms with Crippen LogP contribution in [0.15, 0.2) is 0 Å². The standard InChI is InChI=1S/C15H31NO/c1-6-10-16-13-9-8-12(7-2)11-14(13)17-15(3,4)5/h12-14,16H,6-11H2,1-5H3. The summed E-state index contributed by atoms with van der Waals surface area (Å²) < 4.78 is 6.26. The average molecular weight is 241 g/mol. The Morgan fingerprint density at radius 2 is 1.88 bits per heavy atom. The van der Waals surface area contributed by atoms with E-state index in [9.17, 15) is 0 Å². The third kappa shape index (κ3) is 5.39. The molecule has 0 heterocycles. The van der Waals surface area contributed by atoms with Gasteiger partial charge in [0.15, 0.2) is 0 Å². The highest BCUT2D eigenvalue weighted by molar-refractivity contribution is 4.87. The first kappa shape index (κ1) is 15.0. The Labute approximate surface area is 108 Å². The summed E-state index contributed by atoms with van der Waals surface area (Å²) in [5, 5.41) is 3.66. The Morgan fingerprint density at radius 3 is 2.41 bits per heavy atom. The van der Waals surface area contributed by atoms with Crippen molar-refractivity contribution in [3.05, 3.63) is 0 Å². The molecule has 1 fully saturated rings. The van der Waals surface area contributed by atoms with E-state index in [1.807, 2.05) is 0 Å². The smallest absolute Gasteiger partial charge is 0.0737 e. The Bertz CT molecular complexity index is 209. The topological polar surface area (TPSA) is 21.3 Å². The molecule has 0 aromatic carbocycles. The van der Waals surface area contributed by atoms with Crippen LogP contribution in [-0.2, 0) is 4.74 Å². The van der Waals surface area contributed by atoms with E-state index in [0.29, 0.717) is 12.1 Å². The molecule has 1 aliphatic carbocycles. The minimum atomic E-state index is -0.0214. The van der Waals surface area contributed by atoms with Crippen LogP contribution in [-0.4, -0.2) is 24.3 Å². The molecule has 1 N–H and O–H groups in total. The minimum Gasteiger partial charge on any atom is -0.371 e. The fourth-order valence-electron chi connectivity index (χ4n) is 2.73. The van der Waals surface area contributed by atoms with E-state index >= 15 is 0 Å². The molecule has 0 bridgehead atoms. The molecule has 17 heavy (non-hydrogen) atoms. The zero-order chi connectivity index (χ0) is 12.9. The maximum Gasteiger partial charge on any atom is 0.0737 e. The van der Waals surface area contributed by atoms with Gasteiger partial charge < -0.3 is 10.1 Å². The molecule has 1 saturated carbocycles. The molecule has 2 nitrogen and oxygen atoms in total. The zero-order valence-corrected chi connectivity index (χ0v) is 12.4. The molecule has 0 aliphatic heterocycles. The van der Waals surface area contributed by atoms with Crippen LogP contribution < -0.4 is 5.32 Å². The lowest BCUT2D eigenvalue weighted by Gasteiger charge is -2.39. The quantitative estimate of drug-likeness (QED) is 0.791. The van der Waals surface area contributed by atoms with Crippen molar-refractivity contribution < 1.29 is 4.74 Å². The van der Waals surface area contributed by atoms with E-state index in [1.165, 1.54) is 32.1 Å². The van der Waals surface area contributed by atoms with Crippen LogP contribution in [0.25, 0.3) is 0 Å². The van der Waals surface area contributed by atoms with Crippen LogP contribution in [0.1, 0.15) is 66.7 Å². The van der Waals surface area contributed by atoms with Crippen LogP contribution in [0.3, 0.4) is 0 Å². The zero-order valence-electron chi connectivity index (χ0n) is 12.4. The summed E-state index contributed by atoms with van der Waals surface area (Å²) in [4.78, 5) is 0. The number of rotatable bonds is 5. The first-order valence-electron chi connectivity index (χ1n) is 7.37. The normalized spacial score (nSPS) is 30.5. The van der Waals surface area contributed by atoms with E-state index < -0.39 is 0 Å². The van der Waals surface area contributed by atoms with Crippen molar-refractivity contribution in [1.29, 1.82) is 0 Å². The summed E-state index contributed by atoms with van der Waals surface area (Å²) in [6.07, 6.45) is 6.77. The van der Waals surface area contributed by atoms with E-state index in [4.69, 9.17) is 4.74 Å². The summed E-state index contributed by atoms with van der Waals surface area (Å²) in [7, 11) is 0. The SMILES string of the molecule is CCCNC1CCC(CC)CC1OC(C)(C)C. The molecule has 0 spiro atoms.